The molecule has 1 saturated heterocycles. The minimum Gasteiger partial charge on any atom is -0.370 e. The Balaban J connectivity index is 2.12. The molecule has 2 aliphatic heterocycles. The molecule has 0 aromatic heterocycles. The largest absolute Gasteiger partial charge is 0.370 e. The number of nitrogens with two attached hydrogens (primary N) is 1. The van der Waals surface area contributed by atoms with Crippen molar-refractivity contribution in [3.63, 3.8) is 0 Å². The third-order valence-corrected chi connectivity index (χ3v) is 4.15. The Labute approximate surface area is 83.8 Å². The van der Waals surface area contributed by atoms with Crippen LogP contribution < -0.4 is 5.73 Å². The monoisotopic (exact) mass is 199 g/mol. The highest BCUT2D eigenvalue weighted by atomic mass is 32.2. The first-order valence-corrected chi connectivity index (χ1v) is 6.09. The van der Waals surface area contributed by atoms with Crippen molar-refractivity contribution in [1.82, 2.24) is 4.90 Å². The van der Waals surface area contributed by atoms with Gasteiger partial charge in [0, 0.05) is 12.3 Å². The highest BCUT2D eigenvalue weighted by molar-refractivity contribution is 7.99. The van der Waals surface area contributed by atoms with Gasteiger partial charge in [0.25, 0.3) is 0 Å². The predicted molar refractivity (Wildman–Crippen MR) is 58.2 cm³/mol. The molecule has 2 heterocycles. The van der Waals surface area contributed by atoms with Crippen molar-refractivity contribution in [2.45, 2.75) is 25.3 Å². The van der Waals surface area contributed by atoms with Gasteiger partial charge in [0.05, 0.1) is 12.1 Å². The topological polar surface area (TPSA) is 41.6 Å². The Kier molecular flexibility index (Phi) is 2.41. The maximum atomic E-state index is 5.89. The molecule has 13 heavy (non-hydrogen) atoms. The van der Waals surface area contributed by atoms with Gasteiger partial charge in [0.2, 0.25) is 0 Å². The number of thioether (sulfide) groups is 1. The molecule has 4 heteroatoms. The van der Waals surface area contributed by atoms with Gasteiger partial charge in [0.15, 0.2) is 5.96 Å². The zero-order valence-electron chi connectivity index (χ0n) is 8.12. The fraction of sp³-hybridized carbons (Fsp3) is 0.889. The number of aliphatic imine (C=N–C) groups is 1. The number of hydrogen-bond donors (Lipinski definition) is 1. The molecule has 0 aliphatic carbocycles. The summed E-state index contributed by atoms with van der Waals surface area (Å²) >= 11 is 2.03. The fourth-order valence-electron chi connectivity index (χ4n) is 2.15. The summed E-state index contributed by atoms with van der Waals surface area (Å²) in [6.07, 6.45) is 2.41. The predicted octanol–water partition coefficient (Wildman–Crippen LogP) is 0.902. The number of rotatable bonds is 2. The molecule has 2 aliphatic rings. The van der Waals surface area contributed by atoms with Crippen LogP contribution in [-0.2, 0) is 0 Å². The Morgan fingerprint density at radius 1 is 1.69 bits per heavy atom. The lowest BCUT2D eigenvalue weighted by atomic mass is 9.98. The van der Waals surface area contributed by atoms with Crippen molar-refractivity contribution in [3.8, 4) is 0 Å². The van der Waals surface area contributed by atoms with E-state index in [1.165, 1.54) is 17.9 Å². The summed E-state index contributed by atoms with van der Waals surface area (Å²) in [6.45, 7) is 4.18. The zero-order chi connectivity index (χ0) is 9.31. The van der Waals surface area contributed by atoms with Crippen LogP contribution in [0.15, 0.2) is 4.99 Å². The summed E-state index contributed by atoms with van der Waals surface area (Å²) in [6, 6.07) is 0. The van der Waals surface area contributed by atoms with Crippen LogP contribution in [0.4, 0.5) is 0 Å². The van der Waals surface area contributed by atoms with Gasteiger partial charge >= 0.3 is 0 Å². The van der Waals surface area contributed by atoms with Gasteiger partial charge in [0.1, 0.15) is 0 Å². The van der Waals surface area contributed by atoms with E-state index in [0.29, 0.717) is 5.54 Å². The van der Waals surface area contributed by atoms with Crippen molar-refractivity contribution < 1.29 is 0 Å². The van der Waals surface area contributed by atoms with Crippen LogP contribution in [-0.4, -0.2) is 41.0 Å². The molecular formula is C9H17N3S. The quantitative estimate of drug-likeness (QED) is 0.718. The van der Waals surface area contributed by atoms with Crippen molar-refractivity contribution in [2.24, 2.45) is 10.7 Å². The molecule has 1 unspecified atom stereocenters. The molecule has 0 radical (unpaired) electrons. The van der Waals surface area contributed by atoms with E-state index >= 15 is 0 Å². The van der Waals surface area contributed by atoms with Crippen LogP contribution in [0.3, 0.4) is 0 Å². The van der Waals surface area contributed by atoms with Crippen LogP contribution >= 0.6 is 11.8 Å². The van der Waals surface area contributed by atoms with E-state index in [0.717, 1.165) is 25.5 Å². The molecule has 1 atom stereocenters. The van der Waals surface area contributed by atoms with E-state index < -0.39 is 0 Å². The number of guanidine groups is 1. The fourth-order valence-corrected chi connectivity index (χ4v) is 3.59. The molecule has 3 nitrogen and oxygen atoms in total. The van der Waals surface area contributed by atoms with Crippen molar-refractivity contribution >= 4 is 17.7 Å². The van der Waals surface area contributed by atoms with E-state index in [9.17, 15) is 0 Å². The maximum Gasteiger partial charge on any atom is 0.191 e. The van der Waals surface area contributed by atoms with E-state index in [4.69, 9.17) is 5.73 Å². The first kappa shape index (κ1) is 9.19. The van der Waals surface area contributed by atoms with Gasteiger partial charge in [-0.3, -0.25) is 4.99 Å². The molecule has 2 rings (SSSR count). The average molecular weight is 199 g/mol. The molecule has 1 spiro atoms. The van der Waals surface area contributed by atoms with Crippen molar-refractivity contribution in [3.05, 3.63) is 0 Å². The molecule has 2 N–H and O–H groups in total. The summed E-state index contributed by atoms with van der Waals surface area (Å²) in [5.74, 6) is 3.24. The minimum absolute atomic E-state index is 0.296. The summed E-state index contributed by atoms with van der Waals surface area (Å²) < 4.78 is 0. The SMILES string of the molecule is CCCN1C(N)=NCC12CCSC2. The molecule has 0 bridgehead atoms. The zero-order valence-corrected chi connectivity index (χ0v) is 8.94. The maximum absolute atomic E-state index is 5.89. The summed E-state index contributed by atoms with van der Waals surface area (Å²) in [7, 11) is 0. The highest BCUT2D eigenvalue weighted by Crippen LogP contribution is 2.36. The van der Waals surface area contributed by atoms with Crippen molar-refractivity contribution in [2.75, 3.05) is 24.6 Å². The van der Waals surface area contributed by atoms with Crippen LogP contribution in [0.5, 0.6) is 0 Å². The summed E-state index contributed by atoms with van der Waals surface area (Å²) in [5.41, 5.74) is 6.18. The second-order valence-electron chi connectivity index (χ2n) is 3.85. The molecule has 0 aromatic carbocycles. The molecule has 1 fully saturated rings. The van der Waals surface area contributed by atoms with Gasteiger partial charge < -0.3 is 10.6 Å². The normalized spacial score (nSPS) is 33.0. The lowest BCUT2D eigenvalue weighted by molar-refractivity contribution is 0.230. The molecule has 0 amide bonds. The van der Waals surface area contributed by atoms with Crippen LogP contribution in [0.1, 0.15) is 19.8 Å². The third kappa shape index (κ3) is 1.41. The van der Waals surface area contributed by atoms with Gasteiger partial charge in [-0.15, -0.1) is 0 Å². The average Bonchev–Trinajstić information content (AvgIpc) is 2.69. The van der Waals surface area contributed by atoms with Gasteiger partial charge in [-0.2, -0.15) is 11.8 Å². The van der Waals surface area contributed by atoms with Crippen LogP contribution in [0.2, 0.25) is 0 Å². The van der Waals surface area contributed by atoms with E-state index in [1.807, 2.05) is 11.8 Å². The second-order valence-corrected chi connectivity index (χ2v) is 4.96. The number of nitrogens with zero attached hydrogens (tertiary/aromatic N) is 2. The minimum atomic E-state index is 0.296. The van der Waals surface area contributed by atoms with E-state index in [2.05, 4.69) is 16.8 Å². The van der Waals surface area contributed by atoms with Gasteiger partial charge in [-0.1, -0.05) is 6.92 Å². The lowest BCUT2D eigenvalue weighted by Gasteiger charge is -2.35. The number of hydrogen-bond acceptors (Lipinski definition) is 4. The lowest BCUT2D eigenvalue weighted by Crippen LogP contribution is -2.52. The Hall–Kier alpha value is -0.380. The van der Waals surface area contributed by atoms with Gasteiger partial charge in [-0.05, 0) is 18.6 Å². The Morgan fingerprint density at radius 2 is 2.54 bits per heavy atom. The Morgan fingerprint density at radius 3 is 3.15 bits per heavy atom. The first-order valence-electron chi connectivity index (χ1n) is 4.94. The molecule has 74 valence electrons. The molecular weight excluding hydrogens is 182 g/mol. The summed E-state index contributed by atoms with van der Waals surface area (Å²) in [4.78, 5) is 6.70. The molecule has 0 aromatic rings. The van der Waals surface area contributed by atoms with Gasteiger partial charge in [-0.25, -0.2) is 0 Å². The third-order valence-electron chi connectivity index (χ3n) is 2.91. The highest BCUT2D eigenvalue weighted by Gasteiger charge is 2.44. The van der Waals surface area contributed by atoms with E-state index in [1.54, 1.807) is 0 Å². The van der Waals surface area contributed by atoms with Crippen LogP contribution in [0.25, 0.3) is 0 Å². The van der Waals surface area contributed by atoms with E-state index in [-0.39, 0.29) is 0 Å². The Bertz CT molecular complexity index is 221. The van der Waals surface area contributed by atoms with Crippen molar-refractivity contribution in [1.29, 1.82) is 0 Å². The smallest absolute Gasteiger partial charge is 0.191 e. The summed E-state index contributed by atoms with van der Waals surface area (Å²) in [5, 5.41) is 0. The first-order chi connectivity index (χ1) is 6.28. The second kappa shape index (κ2) is 3.40. The standard InChI is InChI=1S/C9H17N3S/c1-2-4-12-8(10)11-6-9(12)3-5-13-7-9/h2-7H2,1H3,(H2,10,11). The molecule has 0 saturated carbocycles. The van der Waals surface area contributed by atoms with Crippen LogP contribution in [0, 0.1) is 0 Å².